The molecule has 0 bridgehead atoms. The topological polar surface area (TPSA) is 48.2 Å². The van der Waals surface area contributed by atoms with E-state index >= 15 is 0 Å². The van der Waals surface area contributed by atoms with Gasteiger partial charge in [0, 0.05) is 5.56 Å². The van der Waals surface area contributed by atoms with Gasteiger partial charge in [-0.15, -0.1) is 0 Å². The normalized spacial score (nSPS) is 11.9. The first-order valence-corrected chi connectivity index (χ1v) is 5.53. The fourth-order valence-electron chi connectivity index (χ4n) is 1.54. The summed E-state index contributed by atoms with van der Waals surface area (Å²) in [5.74, 6) is -0.188. The zero-order valence-corrected chi connectivity index (χ0v) is 10.2. The molecule has 4 nitrogen and oxygen atoms in total. The summed E-state index contributed by atoms with van der Waals surface area (Å²) >= 11 is 0. The van der Waals surface area contributed by atoms with Gasteiger partial charge in [-0.2, -0.15) is 18.2 Å². The average Bonchev–Trinajstić information content (AvgIpc) is 2.80. The van der Waals surface area contributed by atoms with Crippen LogP contribution in [0.3, 0.4) is 0 Å². The van der Waals surface area contributed by atoms with Gasteiger partial charge in [0.1, 0.15) is 5.75 Å². The van der Waals surface area contributed by atoms with Gasteiger partial charge in [0.2, 0.25) is 0 Å². The van der Waals surface area contributed by atoms with Crippen LogP contribution in [0.25, 0.3) is 11.5 Å². The SMILES string of the molecule is CC(C)Oc1ccc(-c2ncno2)cc1C(F)(F)F. The first-order valence-electron chi connectivity index (χ1n) is 5.53. The fourth-order valence-corrected chi connectivity index (χ4v) is 1.54. The number of aromatic nitrogens is 2. The fraction of sp³-hybridized carbons (Fsp3) is 0.333. The smallest absolute Gasteiger partial charge is 0.419 e. The van der Waals surface area contributed by atoms with Gasteiger partial charge in [-0.3, -0.25) is 0 Å². The molecule has 0 radical (unpaired) electrons. The number of rotatable bonds is 3. The molecule has 1 heterocycles. The maximum Gasteiger partial charge on any atom is 0.419 e. The molecular weight excluding hydrogens is 261 g/mol. The van der Waals surface area contributed by atoms with E-state index in [1.54, 1.807) is 13.8 Å². The van der Waals surface area contributed by atoms with Crippen LogP contribution in [-0.2, 0) is 6.18 Å². The van der Waals surface area contributed by atoms with Crippen molar-refractivity contribution in [2.45, 2.75) is 26.1 Å². The van der Waals surface area contributed by atoms with Crippen LogP contribution in [0.2, 0.25) is 0 Å². The Balaban J connectivity index is 2.48. The highest BCUT2D eigenvalue weighted by atomic mass is 19.4. The van der Waals surface area contributed by atoms with E-state index in [9.17, 15) is 13.2 Å². The van der Waals surface area contributed by atoms with Crippen molar-refractivity contribution in [3.8, 4) is 17.2 Å². The number of benzene rings is 1. The Hall–Kier alpha value is -2.05. The predicted molar refractivity (Wildman–Crippen MR) is 60.5 cm³/mol. The molecule has 2 rings (SSSR count). The van der Waals surface area contributed by atoms with Crippen molar-refractivity contribution in [1.82, 2.24) is 10.1 Å². The van der Waals surface area contributed by atoms with Crippen molar-refractivity contribution in [2.24, 2.45) is 0 Å². The Morgan fingerprint density at radius 3 is 2.53 bits per heavy atom. The molecule has 0 N–H and O–H groups in total. The van der Waals surface area contributed by atoms with Crippen LogP contribution in [0, 0.1) is 0 Å². The minimum absolute atomic E-state index is 0.0293. The second-order valence-corrected chi connectivity index (χ2v) is 4.12. The third-order valence-corrected chi connectivity index (χ3v) is 2.26. The molecule has 2 aromatic rings. The molecule has 0 aliphatic rings. The summed E-state index contributed by atoms with van der Waals surface area (Å²) in [5, 5.41) is 3.36. The first kappa shape index (κ1) is 13.4. The Morgan fingerprint density at radius 2 is 2.00 bits per heavy atom. The van der Waals surface area contributed by atoms with E-state index in [1.807, 2.05) is 0 Å². The number of ether oxygens (including phenoxy) is 1. The van der Waals surface area contributed by atoms with E-state index in [1.165, 1.54) is 12.1 Å². The number of nitrogens with zero attached hydrogens (tertiary/aromatic N) is 2. The molecule has 7 heteroatoms. The molecule has 0 aliphatic carbocycles. The first-order chi connectivity index (χ1) is 8.88. The van der Waals surface area contributed by atoms with Crippen LogP contribution in [0.5, 0.6) is 5.75 Å². The Kier molecular flexibility index (Phi) is 3.46. The zero-order valence-electron chi connectivity index (χ0n) is 10.2. The second-order valence-electron chi connectivity index (χ2n) is 4.12. The van der Waals surface area contributed by atoms with Crippen molar-refractivity contribution < 1.29 is 22.4 Å². The second kappa shape index (κ2) is 4.91. The highest BCUT2D eigenvalue weighted by Crippen LogP contribution is 2.38. The molecule has 0 atom stereocenters. The Labute approximate surface area is 107 Å². The lowest BCUT2D eigenvalue weighted by atomic mass is 10.1. The number of hydrogen-bond donors (Lipinski definition) is 0. The minimum Gasteiger partial charge on any atom is -0.490 e. The van der Waals surface area contributed by atoms with E-state index in [0.29, 0.717) is 0 Å². The van der Waals surface area contributed by atoms with Gasteiger partial charge in [0.25, 0.3) is 5.89 Å². The Bertz CT molecular complexity index is 551. The standard InChI is InChI=1S/C12H11F3N2O2/c1-7(2)18-10-4-3-8(11-16-6-17-19-11)5-9(10)12(13,14)15/h3-7H,1-2H3. The third-order valence-electron chi connectivity index (χ3n) is 2.26. The average molecular weight is 272 g/mol. The van der Waals surface area contributed by atoms with Gasteiger partial charge in [-0.25, -0.2) is 0 Å². The van der Waals surface area contributed by atoms with Crippen LogP contribution in [-0.4, -0.2) is 16.2 Å². The molecule has 0 saturated heterocycles. The van der Waals surface area contributed by atoms with Crippen LogP contribution >= 0.6 is 0 Å². The van der Waals surface area contributed by atoms with Gasteiger partial charge in [-0.05, 0) is 32.0 Å². The molecule has 0 amide bonds. The van der Waals surface area contributed by atoms with Gasteiger partial charge < -0.3 is 9.26 Å². The maximum absolute atomic E-state index is 13.0. The lowest BCUT2D eigenvalue weighted by Crippen LogP contribution is -2.13. The summed E-state index contributed by atoms with van der Waals surface area (Å²) in [5.41, 5.74) is -0.669. The van der Waals surface area contributed by atoms with Crippen LogP contribution < -0.4 is 4.74 Å². The summed E-state index contributed by atoms with van der Waals surface area (Å²) in [7, 11) is 0. The molecule has 1 aromatic carbocycles. The van der Waals surface area contributed by atoms with E-state index < -0.39 is 11.7 Å². The minimum atomic E-state index is -4.51. The van der Waals surface area contributed by atoms with Crippen molar-refractivity contribution in [3.05, 3.63) is 30.1 Å². The molecule has 19 heavy (non-hydrogen) atoms. The monoisotopic (exact) mass is 272 g/mol. The van der Waals surface area contributed by atoms with Gasteiger partial charge in [0.05, 0.1) is 11.7 Å². The molecule has 1 aromatic heterocycles. The summed E-state index contributed by atoms with van der Waals surface area (Å²) in [6.45, 7) is 3.32. The van der Waals surface area contributed by atoms with E-state index in [2.05, 4.69) is 10.1 Å². The molecule has 0 aliphatic heterocycles. The molecular formula is C12H11F3N2O2. The lowest BCUT2D eigenvalue weighted by molar-refractivity contribution is -0.139. The summed E-state index contributed by atoms with van der Waals surface area (Å²) in [6.07, 6.45) is -3.74. The summed E-state index contributed by atoms with van der Waals surface area (Å²) in [6, 6.07) is 3.63. The highest BCUT2D eigenvalue weighted by Gasteiger charge is 2.35. The van der Waals surface area contributed by atoms with Crippen LogP contribution in [0.15, 0.2) is 29.0 Å². The van der Waals surface area contributed by atoms with Crippen molar-refractivity contribution in [1.29, 1.82) is 0 Å². The highest BCUT2D eigenvalue weighted by molar-refractivity contribution is 5.57. The van der Waals surface area contributed by atoms with E-state index in [0.717, 1.165) is 12.4 Å². The van der Waals surface area contributed by atoms with Crippen LogP contribution in [0.4, 0.5) is 13.2 Å². The maximum atomic E-state index is 13.0. The van der Waals surface area contributed by atoms with E-state index in [-0.39, 0.29) is 23.3 Å². The van der Waals surface area contributed by atoms with E-state index in [4.69, 9.17) is 9.26 Å². The largest absolute Gasteiger partial charge is 0.490 e. The summed E-state index contributed by atoms with van der Waals surface area (Å²) < 4.78 is 48.8. The van der Waals surface area contributed by atoms with Gasteiger partial charge in [0.15, 0.2) is 6.33 Å². The van der Waals surface area contributed by atoms with Gasteiger partial charge >= 0.3 is 6.18 Å². The number of alkyl halides is 3. The summed E-state index contributed by atoms with van der Waals surface area (Å²) in [4.78, 5) is 3.71. The quantitative estimate of drug-likeness (QED) is 0.857. The van der Waals surface area contributed by atoms with Crippen molar-refractivity contribution in [3.63, 3.8) is 0 Å². The molecule has 0 spiro atoms. The molecule has 0 unspecified atom stereocenters. The predicted octanol–water partition coefficient (Wildman–Crippen LogP) is 3.54. The van der Waals surface area contributed by atoms with Crippen molar-refractivity contribution in [2.75, 3.05) is 0 Å². The lowest BCUT2D eigenvalue weighted by Gasteiger charge is -2.16. The van der Waals surface area contributed by atoms with Crippen molar-refractivity contribution >= 4 is 0 Å². The molecule has 0 saturated carbocycles. The number of halogens is 3. The Morgan fingerprint density at radius 1 is 1.26 bits per heavy atom. The number of hydrogen-bond acceptors (Lipinski definition) is 4. The third kappa shape index (κ3) is 3.04. The van der Waals surface area contributed by atoms with Gasteiger partial charge in [-0.1, -0.05) is 5.16 Å². The molecule has 102 valence electrons. The molecule has 0 fully saturated rings. The zero-order chi connectivity index (χ0) is 14.0. The van der Waals surface area contributed by atoms with Crippen LogP contribution in [0.1, 0.15) is 19.4 Å².